The van der Waals surface area contributed by atoms with E-state index in [9.17, 15) is 15.3 Å². The van der Waals surface area contributed by atoms with Crippen LogP contribution in [0.2, 0.25) is 0 Å². The average Bonchev–Trinajstić information content (AvgIpc) is 3.19. The van der Waals surface area contributed by atoms with E-state index in [4.69, 9.17) is 5.73 Å². The number of anilines is 2. The molecule has 3 heterocycles. The first-order valence-corrected chi connectivity index (χ1v) is 10.2. The van der Waals surface area contributed by atoms with E-state index in [0.717, 1.165) is 15.9 Å². The molecule has 0 aliphatic heterocycles. The highest BCUT2D eigenvalue weighted by molar-refractivity contribution is 7.21. The van der Waals surface area contributed by atoms with Crippen molar-refractivity contribution >= 4 is 33.3 Å². The van der Waals surface area contributed by atoms with Crippen molar-refractivity contribution in [2.45, 2.75) is 51.0 Å². The molecule has 10 heteroatoms. The van der Waals surface area contributed by atoms with Gasteiger partial charge in [-0.2, -0.15) is 4.98 Å². The summed E-state index contributed by atoms with van der Waals surface area (Å²) in [5.41, 5.74) is 6.97. The zero-order valence-electron chi connectivity index (χ0n) is 16.4. The molecule has 9 nitrogen and oxygen atoms in total. The van der Waals surface area contributed by atoms with Crippen molar-refractivity contribution < 1.29 is 15.3 Å². The van der Waals surface area contributed by atoms with E-state index in [0.29, 0.717) is 22.8 Å². The fourth-order valence-electron chi connectivity index (χ4n) is 3.81. The maximum atomic E-state index is 10.5. The number of aromatic nitrogens is 4. The van der Waals surface area contributed by atoms with Crippen molar-refractivity contribution in [3.8, 4) is 10.6 Å². The quantitative estimate of drug-likeness (QED) is 0.424. The van der Waals surface area contributed by atoms with Crippen LogP contribution in [0.1, 0.15) is 26.0 Å². The molecule has 3 aromatic rings. The second-order valence-electron chi connectivity index (χ2n) is 7.98. The van der Waals surface area contributed by atoms with Gasteiger partial charge in [0, 0.05) is 18.3 Å². The molecule has 0 amide bonds. The molecule has 1 saturated carbocycles. The van der Waals surface area contributed by atoms with Crippen LogP contribution in [0, 0.1) is 12.8 Å². The number of fused-ring (bicyclic) bond motifs is 1. The lowest BCUT2D eigenvalue weighted by Crippen LogP contribution is -2.40. The maximum absolute atomic E-state index is 10.5. The summed E-state index contributed by atoms with van der Waals surface area (Å²) in [4.78, 5) is 17.4. The standard InChI is InChI=1S/C19H24N6O3S/c1-8-13-12(4-5-21-8)29-17(24-13)9-7-22-18(20)25-16(9)23-11-6-10(19(2,3)28)14(26)15(11)27/h4-5,7,10-11,14-15,26-28H,6H2,1-3H3,(H3,20,22,23,25)/t10-,11+,14+,15-/m0/s1. The molecule has 29 heavy (non-hydrogen) atoms. The summed E-state index contributed by atoms with van der Waals surface area (Å²) in [6.45, 7) is 5.15. The van der Waals surface area contributed by atoms with Gasteiger partial charge in [-0.05, 0) is 33.3 Å². The zero-order chi connectivity index (χ0) is 20.9. The number of hydrogen-bond acceptors (Lipinski definition) is 10. The Morgan fingerprint density at radius 1 is 1.21 bits per heavy atom. The van der Waals surface area contributed by atoms with Crippen LogP contribution in [0.25, 0.3) is 20.8 Å². The molecule has 154 valence electrons. The van der Waals surface area contributed by atoms with Gasteiger partial charge in [-0.15, -0.1) is 11.3 Å². The van der Waals surface area contributed by atoms with E-state index in [2.05, 4.69) is 25.3 Å². The number of aliphatic hydroxyl groups excluding tert-OH is 2. The molecular formula is C19H24N6O3S. The van der Waals surface area contributed by atoms with Gasteiger partial charge in [-0.3, -0.25) is 4.98 Å². The number of nitrogens with zero attached hydrogens (tertiary/aromatic N) is 4. The van der Waals surface area contributed by atoms with Crippen molar-refractivity contribution in [2.24, 2.45) is 5.92 Å². The first-order valence-electron chi connectivity index (χ1n) is 9.35. The Kier molecular flexibility index (Phi) is 4.89. The van der Waals surface area contributed by atoms with Crippen LogP contribution < -0.4 is 11.1 Å². The van der Waals surface area contributed by atoms with Crippen molar-refractivity contribution in [1.82, 2.24) is 19.9 Å². The van der Waals surface area contributed by atoms with Crippen LogP contribution in [-0.2, 0) is 0 Å². The second kappa shape index (κ2) is 7.13. The topological polar surface area (TPSA) is 150 Å². The van der Waals surface area contributed by atoms with E-state index >= 15 is 0 Å². The number of thiazole rings is 1. The van der Waals surface area contributed by atoms with Gasteiger partial charge < -0.3 is 26.4 Å². The minimum absolute atomic E-state index is 0.0854. The van der Waals surface area contributed by atoms with Crippen LogP contribution in [-0.4, -0.2) is 59.1 Å². The van der Waals surface area contributed by atoms with Gasteiger partial charge in [0.05, 0.1) is 33.7 Å². The van der Waals surface area contributed by atoms with Crippen LogP contribution in [0.4, 0.5) is 11.8 Å². The fraction of sp³-hybridized carbons (Fsp3) is 0.474. The molecule has 3 aromatic heterocycles. The molecule has 0 spiro atoms. The number of aryl methyl sites for hydroxylation is 1. The smallest absolute Gasteiger partial charge is 0.221 e. The first kappa shape index (κ1) is 19.9. The van der Waals surface area contributed by atoms with E-state index < -0.39 is 29.8 Å². The van der Waals surface area contributed by atoms with Crippen LogP contribution in [0.3, 0.4) is 0 Å². The van der Waals surface area contributed by atoms with Crippen molar-refractivity contribution in [2.75, 3.05) is 11.1 Å². The van der Waals surface area contributed by atoms with Crippen molar-refractivity contribution in [3.63, 3.8) is 0 Å². The molecule has 4 rings (SSSR count). The second-order valence-corrected chi connectivity index (χ2v) is 9.01. The summed E-state index contributed by atoms with van der Waals surface area (Å²) in [5.74, 6) is 0.0332. The Labute approximate surface area is 171 Å². The molecule has 0 aromatic carbocycles. The molecule has 0 saturated heterocycles. The van der Waals surface area contributed by atoms with Gasteiger partial charge in [-0.1, -0.05) is 0 Å². The summed E-state index contributed by atoms with van der Waals surface area (Å²) in [6, 6.07) is 1.40. The highest BCUT2D eigenvalue weighted by Crippen LogP contribution is 2.38. The zero-order valence-corrected chi connectivity index (χ0v) is 17.2. The monoisotopic (exact) mass is 416 g/mol. The Morgan fingerprint density at radius 2 is 1.97 bits per heavy atom. The number of aliphatic hydroxyl groups is 3. The number of nitrogens with one attached hydrogen (secondary N) is 1. The molecule has 0 bridgehead atoms. The number of nitrogen functional groups attached to an aromatic ring is 1. The molecule has 1 aliphatic rings. The highest BCUT2D eigenvalue weighted by Gasteiger charge is 2.47. The van der Waals surface area contributed by atoms with Crippen LogP contribution in [0.5, 0.6) is 0 Å². The third-order valence-corrected chi connectivity index (χ3v) is 6.49. The SMILES string of the molecule is Cc1nccc2sc(-c3cnc(N)nc3N[C@@H]3C[C@H](C(C)(C)O)[C@@H](O)[C@H]3O)nc12. The van der Waals surface area contributed by atoms with Crippen molar-refractivity contribution in [1.29, 1.82) is 0 Å². The van der Waals surface area contributed by atoms with Gasteiger partial charge in [-0.25, -0.2) is 9.97 Å². The Bertz CT molecular complexity index is 1050. The van der Waals surface area contributed by atoms with E-state index in [1.54, 1.807) is 26.2 Å². The highest BCUT2D eigenvalue weighted by atomic mass is 32.1. The molecular weight excluding hydrogens is 392 g/mol. The van der Waals surface area contributed by atoms with Gasteiger partial charge in [0.15, 0.2) is 0 Å². The lowest BCUT2D eigenvalue weighted by atomic mass is 9.88. The van der Waals surface area contributed by atoms with E-state index in [1.165, 1.54) is 11.3 Å². The van der Waals surface area contributed by atoms with Crippen LogP contribution in [0.15, 0.2) is 18.5 Å². The number of rotatable bonds is 4. The van der Waals surface area contributed by atoms with E-state index in [-0.39, 0.29) is 5.95 Å². The molecule has 4 atom stereocenters. The van der Waals surface area contributed by atoms with Crippen LogP contribution >= 0.6 is 11.3 Å². The largest absolute Gasteiger partial charge is 0.390 e. The third kappa shape index (κ3) is 3.64. The minimum atomic E-state index is -1.12. The Balaban J connectivity index is 1.70. The molecule has 1 fully saturated rings. The molecule has 1 aliphatic carbocycles. The number of pyridine rings is 1. The summed E-state index contributed by atoms with van der Waals surface area (Å²) in [5, 5.41) is 35.1. The maximum Gasteiger partial charge on any atom is 0.221 e. The number of nitrogens with two attached hydrogens (primary N) is 1. The first-order chi connectivity index (χ1) is 13.6. The van der Waals surface area contributed by atoms with Gasteiger partial charge in [0.25, 0.3) is 0 Å². The lowest BCUT2D eigenvalue weighted by molar-refractivity contribution is -0.0601. The fourth-order valence-corrected chi connectivity index (χ4v) is 4.84. The Hall–Kier alpha value is -2.40. The normalized spacial score (nSPS) is 24.9. The predicted molar refractivity (Wildman–Crippen MR) is 111 cm³/mol. The number of hydrogen-bond donors (Lipinski definition) is 5. The Morgan fingerprint density at radius 3 is 2.62 bits per heavy atom. The molecule has 6 N–H and O–H groups in total. The van der Waals surface area contributed by atoms with E-state index in [1.807, 2.05) is 13.0 Å². The summed E-state index contributed by atoms with van der Waals surface area (Å²) < 4.78 is 0.994. The minimum Gasteiger partial charge on any atom is -0.390 e. The third-order valence-electron chi connectivity index (χ3n) is 5.44. The average molecular weight is 417 g/mol. The predicted octanol–water partition coefficient (Wildman–Crippen LogP) is 1.33. The lowest BCUT2D eigenvalue weighted by Gasteiger charge is -2.28. The summed E-state index contributed by atoms with van der Waals surface area (Å²) >= 11 is 1.48. The van der Waals surface area contributed by atoms with Gasteiger partial charge in [0.1, 0.15) is 22.4 Å². The van der Waals surface area contributed by atoms with Crippen molar-refractivity contribution in [3.05, 3.63) is 24.2 Å². The molecule has 0 unspecified atom stereocenters. The van der Waals surface area contributed by atoms with Gasteiger partial charge in [0.2, 0.25) is 5.95 Å². The summed E-state index contributed by atoms with van der Waals surface area (Å²) in [7, 11) is 0. The summed E-state index contributed by atoms with van der Waals surface area (Å²) in [6.07, 6.45) is 1.60. The van der Waals surface area contributed by atoms with Gasteiger partial charge >= 0.3 is 0 Å². The molecule has 0 radical (unpaired) electrons.